The van der Waals surface area contributed by atoms with Gasteiger partial charge in [-0.2, -0.15) is 0 Å². The Bertz CT molecular complexity index is 426. The maximum absolute atomic E-state index is 5.62. The largest absolute Gasteiger partial charge is 0.468 e. The molecule has 1 aromatic heterocycles. The molecular weight excluding hydrogens is 274 g/mol. The van der Waals surface area contributed by atoms with Crippen LogP contribution in [0.4, 0.5) is 0 Å². The summed E-state index contributed by atoms with van der Waals surface area (Å²) in [5.74, 6) is 1.86. The Morgan fingerprint density at radius 3 is 2.86 bits per heavy atom. The number of likely N-dealkylation sites (N-methyl/N-ethyl adjacent to an activating group) is 1. The van der Waals surface area contributed by atoms with E-state index in [1.54, 1.807) is 6.26 Å². The molecule has 0 spiro atoms. The molecule has 0 radical (unpaired) electrons. The Balaban J connectivity index is 1.57. The van der Waals surface area contributed by atoms with Crippen molar-refractivity contribution in [3.8, 4) is 0 Å². The number of piperidine rings is 1. The van der Waals surface area contributed by atoms with E-state index in [0.717, 1.165) is 24.3 Å². The highest BCUT2D eigenvalue weighted by molar-refractivity contribution is 5.05. The third-order valence-electron chi connectivity index (χ3n) is 5.50. The summed E-state index contributed by atoms with van der Waals surface area (Å²) >= 11 is 0. The van der Waals surface area contributed by atoms with Crippen molar-refractivity contribution in [3.63, 3.8) is 0 Å². The second-order valence-electron chi connectivity index (χ2n) is 7.16. The number of rotatable bonds is 6. The molecule has 1 saturated heterocycles. The topological polar surface area (TPSA) is 40.4 Å². The van der Waals surface area contributed by atoms with Gasteiger partial charge in [0.25, 0.3) is 0 Å². The van der Waals surface area contributed by atoms with Gasteiger partial charge in [-0.1, -0.05) is 12.8 Å². The zero-order valence-electron chi connectivity index (χ0n) is 14.1. The van der Waals surface area contributed by atoms with Gasteiger partial charge in [0, 0.05) is 18.6 Å². The second kappa shape index (κ2) is 7.62. The molecule has 22 heavy (non-hydrogen) atoms. The van der Waals surface area contributed by atoms with Gasteiger partial charge in [-0.05, 0) is 64.4 Å². The van der Waals surface area contributed by atoms with Crippen molar-refractivity contribution in [1.82, 2.24) is 15.5 Å². The molecule has 124 valence electrons. The summed E-state index contributed by atoms with van der Waals surface area (Å²) in [6, 6.07) is 5.77. The van der Waals surface area contributed by atoms with Crippen LogP contribution < -0.4 is 10.6 Å². The number of hydrogen-bond donors (Lipinski definition) is 2. The highest BCUT2D eigenvalue weighted by Crippen LogP contribution is 2.32. The van der Waals surface area contributed by atoms with E-state index < -0.39 is 0 Å². The Morgan fingerprint density at radius 1 is 1.27 bits per heavy atom. The zero-order valence-corrected chi connectivity index (χ0v) is 14.1. The zero-order chi connectivity index (χ0) is 15.4. The van der Waals surface area contributed by atoms with E-state index in [9.17, 15) is 0 Å². The lowest BCUT2D eigenvalue weighted by Crippen LogP contribution is -2.48. The third kappa shape index (κ3) is 3.73. The highest BCUT2D eigenvalue weighted by Gasteiger charge is 2.34. The molecule has 0 bridgehead atoms. The van der Waals surface area contributed by atoms with Gasteiger partial charge in [-0.15, -0.1) is 0 Å². The standard InChI is InChI=1S/C18H31N3O/c1-21(2)17(18-10-6-12-22-18)13-20-16-9-5-7-14(16)15-8-3-4-11-19-15/h6,10,12,14-17,19-20H,3-5,7-9,11,13H2,1-2H3. The van der Waals surface area contributed by atoms with Crippen molar-refractivity contribution < 1.29 is 4.42 Å². The van der Waals surface area contributed by atoms with Gasteiger partial charge in [0.15, 0.2) is 0 Å². The van der Waals surface area contributed by atoms with Crippen LogP contribution in [0.5, 0.6) is 0 Å². The molecular formula is C18H31N3O. The van der Waals surface area contributed by atoms with Crippen LogP contribution in [-0.2, 0) is 0 Å². The normalized spacial score (nSPS) is 30.8. The summed E-state index contributed by atoms with van der Waals surface area (Å²) in [7, 11) is 4.26. The summed E-state index contributed by atoms with van der Waals surface area (Å²) < 4.78 is 5.62. The first-order valence-electron chi connectivity index (χ1n) is 8.92. The summed E-state index contributed by atoms with van der Waals surface area (Å²) in [4.78, 5) is 2.24. The molecule has 2 N–H and O–H groups in total. The predicted molar refractivity (Wildman–Crippen MR) is 89.9 cm³/mol. The lowest BCUT2D eigenvalue weighted by Gasteiger charge is -2.34. The first-order chi connectivity index (χ1) is 10.8. The Kier molecular flexibility index (Phi) is 5.55. The number of hydrogen-bond acceptors (Lipinski definition) is 4. The summed E-state index contributed by atoms with van der Waals surface area (Å²) in [6.45, 7) is 2.18. The fraction of sp³-hybridized carbons (Fsp3) is 0.778. The van der Waals surface area contributed by atoms with E-state index in [0.29, 0.717) is 12.1 Å². The van der Waals surface area contributed by atoms with E-state index in [4.69, 9.17) is 4.42 Å². The molecule has 1 aliphatic heterocycles. The van der Waals surface area contributed by atoms with Crippen molar-refractivity contribution in [3.05, 3.63) is 24.2 Å². The van der Waals surface area contributed by atoms with Crippen molar-refractivity contribution in [2.75, 3.05) is 27.2 Å². The monoisotopic (exact) mass is 305 g/mol. The minimum Gasteiger partial charge on any atom is -0.468 e. The average molecular weight is 305 g/mol. The fourth-order valence-corrected chi connectivity index (χ4v) is 4.25. The van der Waals surface area contributed by atoms with Crippen LogP contribution in [0.15, 0.2) is 22.8 Å². The number of furan rings is 1. The fourth-order valence-electron chi connectivity index (χ4n) is 4.25. The SMILES string of the molecule is CN(C)C(CNC1CCCC1C1CCCCN1)c1ccco1. The number of nitrogens with zero attached hydrogens (tertiary/aromatic N) is 1. The smallest absolute Gasteiger partial charge is 0.122 e. The minimum absolute atomic E-state index is 0.315. The van der Waals surface area contributed by atoms with Crippen LogP contribution >= 0.6 is 0 Å². The van der Waals surface area contributed by atoms with E-state index in [1.165, 1.54) is 45.1 Å². The van der Waals surface area contributed by atoms with Gasteiger partial charge in [-0.3, -0.25) is 4.90 Å². The Morgan fingerprint density at radius 2 is 2.18 bits per heavy atom. The summed E-state index contributed by atoms with van der Waals surface area (Å²) in [5, 5.41) is 7.62. The van der Waals surface area contributed by atoms with Gasteiger partial charge in [-0.25, -0.2) is 0 Å². The van der Waals surface area contributed by atoms with Crippen LogP contribution in [-0.4, -0.2) is 44.2 Å². The van der Waals surface area contributed by atoms with Gasteiger partial charge in [0.05, 0.1) is 12.3 Å². The molecule has 0 aromatic carbocycles. The van der Waals surface area contributed by atoms with Gasteiger partial charge in [0.2, 0.25) is 0 Å². The molecule has 4 atom stereocenters. The predicted octanol–water partition coefficient (Wildman–Crippen LogP) is 2.78. The molecule has 2 fully saturated rings. The summed E-state index contributed by atoms with van der Waals surface area (Å²) in [6.07, 6.45) is 9.95. The Labute approximate surface area is 134 Å². The first kappa shape index (κ1) is 16.0. The molecule has 4 nitrogen and oxygen atoms in total. The number of nitrogens with one attached hydrogen (secondary N) is 2. The first-order valence-corrected chi connectivity index (χ1v) is 8.92. The molecule has 2 heterocycles. The van der Waals surface area contributed by atoms with Crippen LogP contribution in [0.3, 0.4) is 0 Å². The minimum atomic E-state index is 0.315. The van der Waals surface area contributed by atoms with E-state index in [2.05, 4.69) is 35.7 Å². The van der Waals surface area contributed by atoms with Gasteiger partial charge < -0.3 is 15.1 Å². The second-order valence-corrected chi connectivity index (χ2v) is 7.16. The molecule has 3 rings (SSSR count). The van der Waals surface area contributed by atoms with Crippen molar-refractivity contribution in [2.45, 2.75) is 56.7 Å². The third-order valence-corrected chi connectivity index (χ3v) is 5.50. The molecule has 4 heteroatoms. The molecule has 1 saturated carbocycles. The van der Waals surface area contributed by atoms with Crippen molar-refractivity contribution >= 4 is 0 Å². The van der Waals surface area contributed by atoms with Crippen LogP contribution in [0.2, 0.25) is 0 Å². The maximum Gasteiger partial charge on any atom is 0.122 e. The molecule has 4 unspecified atom stereocenters. The molecule has 1 aromatic rings. The summed E-state index contributed by atoms with van der Waals surface area (Å²) in [5.41, 5.74) is 0. The highest BCUT2D eigenvalue weighted by atomic mass is 16.3. The van der Waals surface area contributed by atoms with Crippen molar-refractivity contribution in [2.24, 2.45) is 5.92 Å². The Hall–Kier alpha value is -0.840. The van der Waals surface area contributed by atoms with Crippen LogP contribution in [0.25, 0.3) is 0 Å². The van der Waals surface area contributed by atoms with Crippen LogP contribution in [0, 0.1) is 5.92 Å². The quantitative estimate of drug-likeness (QED) is 0.848. The van der Waals surface area contributed by atoms with Crippen LogP contribution in [0.1, 0.15) is 50.3 Å². The molecule has 1 aliphatic carbocycles. The molecule has 0 amide bonds. The lowest BCUT2D eigenvalue weighted by molar-refractivity contribution is 0.217. The molecule has 2 aliphatic rings. The van der Waals surface area contributed by atoms with E-state index in [-0.39, 0.29) is 0 Å². The van der Waals surface area contributed by atoms with Gasteiger partial charge >= 0.3 is 0 Å². The van der Waals surface area contributed by atoms with E-state index >= 15 is 0 Å². The lowest BCUT2D eigenvalue weighted by atomic mass is 9.88. The van der Waals surface area contributed by atoms with Gasteiger partial charge in [0.1, 0.15) is 5.76 Å². The van der Waals surface area contributed by atoms with E-state index in [1.807, 2.05) is 6.07 Å². The maximum atomic E-state index is 5.62. The average Bonchev–Trinajstić information content (AvgIpc) is 3.19. The van der Waals surface area contributed by atoms with Crippen molar-refractivity contribution in [1.29, 1.82) is 0 Å².